The highest BCUT2D eigenvalue weighted by atomic mass is 32.2. The molecule has 2 nitrogen and oxygen atoms in total. The van der Waals surface area contributed by atoms with E-state index < -0.39 is 24.2 Å². The number of rotatable bonds is 2. The van der Waals surface area contributed by atoms with Crippen LogP contribution in [0.2, 0.25) is 0 Å². The third-order valence-electron chi connectivity index (χ3n) is 1.57. The van der Waals surface area contributed by atoms with Gasteiger partial charge in [0.05, 0.1) is 0 Å². The van der Waals surface area contributed by atoms with Crippen LogP contribution in [0.1, 0.15) is 0 Å². The largest absolute Gasteiger partial charge is 0.492 e. The van der Waals surface area contributed by atoms with Crippen molar-refractivity contribution in [3.8, 4) is 0 Å². The molecular formula is C7H7BF2O2S. The molecule has 0 fully saturated rings. The first-order valence-electron chi connectivity index (χ1n) is 3.46. The van der Waals surface area contributed by atoms with Gasteiger partial charge in [0.1, 0.15) is 0 Å². The lowest BCUT2D eigenvalue weighted by Crippen LogP contribution is -2.35. The smallest absolute Gasteiger partial charge is 0.423 e. The normalized spacial score (nSPS) is 10.2. The molecule has 1 aromatic rings. The maximum atomic E-state index is 13.0. The Morgan fingerprint density at radius 3 is 2.38 bits per heavy atom. The summed E-state index contributed by atoms with van der Waals surface area (Å²) in [5, 5.41) is 17.6. The van der Waals surface area contributed by atoms with Gasteiger partial charge in [-0.1, -0.05) is 0 Å². The zero-order chi connectivity index (χ0) is 10.0. The first-order valence-corrected chi connectivity index (χ1v) is 4.68. The van der Waals surface area contributed by atoms with Crippen molar-refractivity contribution in [3.63, 3.8) is 0 Å². The van der Waals surface area contributed by atoms with Gasteiger partial charge in [-0.2, -0.15) is 0 Å². The van der Waals surface area contributed by atoms with E-state index in [-0.39, 0.29) is 0 Å². The maximum absolute atomic E-state index is 13.0. The lowest BCUT2D eigenvalue weighted by Gasteiger charge is -2.07. The number of hydrogen-bond acceptors (Lipinski definition) is 3. The molecule has 0 spiro atoms. The van der Waals surface area contributed by atoms with Gasteiger partial charge in [-0.05, 0) is 18.4 Å². The summed E-state index contributed by atoms with van der Waals surface area (Å²) in [6.07, 6.45) is 1.64. The van der Waals surface area contributed by atoms with Crippen molar-refractivity contribution in [1.29, 1.82) is 0 Å². The van der Waals surface area contributed by atoms with Gasteiger partial charge in [0, 0.05) is 10.4 Å². The van der Waals surface area contributed by atoms with Crippen LogP contribution < -0.4 is 5.46 Å². The van der Waals surface area contributed by atoms with Crippen LogP contribution in [0.5, 0.6) is 0 Å². The Balaban J connectivity index is 3.32. The molecular weight excluding hydrogens is 197 g/mol. The van der Waals surface area contributed by atoms with Gasteiger partial charge in [-0.3, -0.25) is 0 Å². The van der Waals surface area contributed by atoms with E-state index in [1.807, 2.05) is 0 Å². The molecule has 70 valence electrons. The second-order valence-corrected chi connectivity index (χ2v) is 3.20. The number of thioether (sulfide) groups is 1. The zero-order valence-electron chi connectivity index (χ0n) is 6.79. The van der Waals surface area contributed by atoms with Crippen LogP contribution in [0.3, 0.4) is 0 Å². The molecule has 0 bridgehead atoms. The van der Waals surface area contributed by atoms with Crippen LogP contribution in [0, 0.1) is 11.6 Å². The van der Waals surface area contributed by atoms with Gasteiger partial charge in [-0.15, -0.1) is 11.8 Å². The van der Waals surface area contributed by atoms with Gasteiger partial charge >= 0.3 is 7.12 Å². The minimum absolute atomic E-state index is 0.314. The topological polar surface area (TPSA) is 40.5 Å². The maximum Gasteiger partial charge on any atom is 0.492 e. The minimum atomic E-state index is -1.99. The molecule has 0 aromatic heterocycles. The van der Waals surface area contributed by atoms with E-state index in [9.17, 15) is 8.78 Å². The molecule has 1 rings (SSSR count). The average molecular weight is 204 g/mol. The molecule has 0 atom stereocenters. The highest BCUT2D eigenvalue weighted by Gasteiger charge is 2.23. The lowest BCUT2D eigenvalue weighted by atomic mass is 9.80. The summed E-state index contributed by atoms with van der Waals surface area (Å²) in [6, 6.07) is 2.25. The number of hydrogen-bond donors (Lipinski definition) is 2. The molecule has 0 heterocycles. The molecule has 0 saturated heterocycles. The Bertz CT molecular complexity index is 320. The standard InChI is InChI=1S/C7H7BF2O2S/c1-13-5-3-2-4(9)7(10)6(5)8(11)12/h2-3,11-12H,1H3. The first-order chi connectivity index (χ1) is 6.07. The van der Waals surface area contributed by atoms with E-state index >= 15 is 0 Å². The van der Waals surface area contributed by atoms with Crippen molar-refractivity contribution in [2.24, 2.45) is 0 Å². The van der Waals surface area contributed by atoms with Crippen LogP contribution >= 0.6 is 11.8 Å². The highest BCUT2D eigenvalue weighted by Crippen LogP contribution is 2.15. The minimum Gasteiger partial charge on any atom is -0.423 e. The third-order valence-corrected chi connectivity index (χ3v) is 2.37. The molecule has 0 aliphatic rings. The summed E-state index contributed by atoms with van der Waals surface area (Å²) in [5.41, 5.74) is -0.410. The van der Waals surface area contributed by atoms with E-state index in [1.165, 1.54) is 6.07 Å². The van der Waals surface area contributed by atoms with Gasteiger partial charge in [0.2, 0.25) is 0 Å². The summed E-state index contributed by atoms with van der Waals surface area (Å²) >= 11 is 1.12. The van der Waals surface area contributed by atoms with Gasteiger partial charge in [0.25, 0.3) is 0 Å². The summed E-state index contributed by atoms with van der Waals surface area (Å²) < 4.78 is 25.6. The molecule has 6 heteroatoms. The number of halogens is 2. The molecule has 0 saturated carbocycles. The van der Waals surface area contributed by atoms with E-state index in [2.05, 4.69) is 0 Å². The Morgan fingerprint density at radius 1 is 1.31 bits per heavy atom. The summed E-state index contributed by atoms with van der Waals surface area (Å²) in [7, 11) is -1.99. The fraction of sp³-hybridized carbons (Fsp3) is 0.143. The van der Waals surface area contributed by atoms with Crippen LogP contribution in [0.4, 0.5) is 8.78 Å². The SMILES string of the molecule is CSc1ccc(F)c(F)c1B(O)O. The first kappa shape index (κ1) is 10.5. The van der Waals surface area contributed by atoms with Crippen molar-refractivity contribution in [3.05, 3.63) is 23.8 Å². The quantitative estimate of drug-likeness (QED) is 0.540. The van der Waals surface area contributed by atoms with Crippen LogP contribution in [-0.4, -0.2) is 23.4 Å². The van der Waals surface area contributed by atoms with Crippen molar-refractivity contribution < 1.29 is 18.8 Å². The molecule has 0 amide bonds. The second kappa shape index (κ2) is 4.08. The molecule has 1 aromatic carbocycles. The van der Waals surface area contributed by atoms with Gasteiger partial charge in [-0.25, -0.2) is 8.78 Å². The van der Waals surface area contributed by atoms with Crippen LogP contribution in [0.25, 0.3) is 0 Å². The summed E-state index contributed by atoms with van der Waals surface area (Å²) in [5.74, 6) is -2.29. The fourth-order valence-corrected chi connectivity index (χ4v) is 1.59. The summed E-state index contributed by atoms with van der Waals surface area (Å²) in [4.78, 5) is 0.314. The van der Waals surface area contributed by atoms with E-state index in [4.69, 9.17) is 10.0 Å². The van der Waals surface area contributed by atoms with Gasteiger partial charge < -0.3 is 10.0 Å². The number of benzene rings is 1. The zero-order valence-corrected chi connectivity index (χ0v) is 7.61. The molecule has 0 aliphatic heterocycles. The summed E-state index contributed by atoms with van der Waals surface area (Å²) in [6.45, 7) is 0. The highest BCUT2D eigenvalue weighted by molar-refractivity contribution is 7.98. The molecule has 13 heavy (non-hydrogen) atoms. The van der Waals surface area contributed by atoms with Crippen LogP contribution in [-0.2, 0) is 0 Å². The average Bonchev–Trinajstić information content (AvgIpc) is 2.08. The molecule has 0 aliphatic carbocycles. The van der Waals surface area contributed by atoms with Crippen LogP contribution in [0.15, 0.2) is 17.0 Å². The Kier molecular flexibility index (Phi) is 3.30. The van der Waals surface area contributed by atoms with E-state index in [0.717, 1.165) is 17.8 Å². The van der Waals surface area contributed by atoms with E-state index in [1.54, 1.807) is 6.26 Å². The second-order valence-electron chi connectivity index (χ2n) is 2.35. The van der Waals surface area contributed by atoms with Crippen molar-refractivity contribution >= 4 is 24.3 Å². The molecule has 0 unspecified atom stereocenters. The Morgan fingerprint density at radius 2 is 1.92 bits per heavy atom. The van der Waals surface area contributed by atoms with Gasteiger partial charge in [0.15, 0.2) is 11.6 Å². The lowest BCUT2D eigenvalue weighted by molar-refractivity contribution is 0.418. The monoisotopic (exact) mass is 204 g/mol. The van der Waals surface area contributed by atoms with Crippen molar-refractivity contribution in [2.75, 3.05) is 6.26 Å². The van der Waals surface area contributed by atoms with Crippen molar-refractivity contribution in [2.45, 2.75) is 4.90 Å². The van der Waals surface area contributed by atoms with Crippen molar-refractivity contribution in [1.82, 2.24) is 0 Å². The Labute approximate surface area is 78.7 Å². The predicted octanol–water partition coefficient (Wildman–Crippen LogP) is 0.366. The Hall–Kier alpha value is -0.585. The third kappa shape index (κ3) is 2.01. The predicted molar refractivity (Wildman–Crippen MR) is 48.0 cm³/mol. The molecule has 0 radical (unpaired) electrons. The fourth-order valence-electron chi connectivity index (χ4n) is 0.967. The van der Waals surface area contributed by atoms with E-state index in [0.29, 0.717) is 4.90 Å². The molecule has 2 N–H and O–H groups in total.